The van der Waals surface area contributed by atoms with E-state index in [0.717, 1.165) is 15.6 Å². The second kappa shape index (κ2) is 7.90. The molecule has 0 saturated heterocycles. The van der Waals surface area contributed by atoms with Gasteiger partial charge in [0.1, 0.15) is 0 Å². The van der Waals surface area contributed by atoms with Crippen molar-refractivity contribution in [3.05, 3.63) is 82.1 Å². The van der Waals surface area contributed by atoms with E-state index in [0.29, 0.717) is 23.7 Å². The molecule has 0 spiro atoms. The highest BCUT2D eigenvalue weighted by atomic mass is 79.9. The molecule has 1 amide bonds. The van der Waals surface area contributed by atoms with Crippen LogP contribution < -0.4 is 10.6 Å². The first-order chi connectivity index (χ1) is 12.1. The van der Waals surface area contributed by atoms with Gasteiger partial charge in [0.25, 0.3) is 5.91 Å². The fourth-order valence-electron chi connectivity index (χ4n) is 2.19. The molecule has 0 aliphatic carbocycles. The molecule has 0 aliphatic heterocycles. The molecule has 0 unspecified atom stereocenters. The Morgan fingerprint density at radius 2 is 1.80 bits per heavy atom. The van der Waals surface area contributed by atoms with Crippen LogP contribution in [0.3, 0.4) is 0 Å². The summed E-state index contributed by atoms with van der Waals surface area (Å²) in [5, 5.41) is 5.96. The highest BCUT2D eigenvalue weighted by molar-refractivity contribution is 9.10. The number of carbonyl (C=O) groups excluding carboxylic acids is 1. The summed E-state index contributed by atoms with van der Waals surface area (Å²) < 4.78 is 0.946. The molecule has 0 saturated carbocycles. The molecule has 2 N–H and O–H groups in total. The first-order valence-electron chi connectivity index (χ1n) is 7.79. The van der Waals surface area contributed by atoms with Gasteiger partial charge in [-0.25, -0.2) is 9.97 Å². The van der Waals surface area contributed by atoms with Gasteiger partial charge in [-0.2, -0.15) is 0 Å². The topological polar surface area (TPSA) is 66.9 Å². The number of benzene rings is 2. The molecule has 0 atom stereocenters. The minimum absolute atomic E-state index is 0.245. The third-order valence-electron chi connectivity index (χ3n) is 3.64. The lowest BCUT2D eigenvalue weighted by molar-refractivity contribution is 0.102. The normalized spacial score (nSPS) is 10.3. The molecule has 126 valence electrons. The Labute approximate surface area is 154 Å². The van der Waals surface area contributed by atoms with Crippen molar-refractivity contribution >= 4 is 33.5 Å². The Kier molecular flexibility index (Phi) is 5.40. The molecule has 1 aromatic heterocycles. The van der Waals surface area contributed by atoms with Crippen LogP contribution in [0.5, 0.6) is 0 Å². The van der Waals surface area contributed by atoms with Gasteiger partial charge in [0.05, 0.1) is 5.56 Å². The minimum Gasteiger partial charge on any atom is -0.350 e. The quantitative estimate of drug-likeness (QED) is 0.669. The van der Waals surface area contributed by atoms with Gasteiger partial charge in [-0.1, -0.05) is 52.3 Å². The number of halogens is 1. The van der Waals surface area contributed by atoms with E-state index in [1.807, 2.05) is 55.5 Å². The number of nitrogens with zero attached hydrogens (tertiary/aromatic N) is 2. The van der Waals surface area contributed by atoms with E-state index in [1.54, 1.807) is 0 Å². The van der Waals surface area contributed by atoms with Gasteiger partial charge in [-0.3, -0.25) is 4.79 Å². The molecular formula is C19H17BrN4O. The lowest BCUT2D eigenvalue weighted by Crippen LogP contribution is -2.13. The standard InChI is InChI=1S/C19H17BrN4O/c1-13-7-8-16(9-17(13)20)24-18(25)15-11-22-19(23-12-15)21-10-14-5-3-2-4-6-14/h2-9,11-12H,10H2,1H3,(H,24,25)(H,21,22,23). The molecule has 3 aromatic rings. The van der Waals surface area contributed by atoms with Crippen molar-refractivity contribution in [2.24, 2.45) is 0 Å². The lowest BCUT2D eigenvalue weighted by Gasteiger charge is -2.08. The highest BCUT2D eigenvalue weighted by Gasteiger charge is 2.08. The van der Waals surface area contributed by atoms with Crippen LogP contribution in [0.1, 0.15) is 21.5 Å². The van der Waals surface area contributed by atoms with Gasteiger partial charge >= 0.3 is 0 Å². The van der Waals surface area contributed by atoms with E-state index in [9.17, 15) is 4.79 Å². The number of anilines is 2. The maximum atomic E-state index is 12.3. The number of carbonyl (C=O) groups is 1. The van der Waals surface area contributed by atoms with Crippen molar-refractivity contribution in [1.29, 1.82) is 0 Å². The summed E-state index contributed by atoms with van der Waals surface area (Å²) in [5.74, 6) is 0.240. The van der Waals surface area contributed by atoms with Crippen LogP contribution >= 0.6 is 15.9 Å². The number of amides is 1. The fourth-order valence-corrected chi connectivity index (χ4v) is 2.57. The van der Waals surface area contributed by atoms with Gasteiger partial charge < -0.3 is 10.6 Å². The summed E-state index contributed by atoms with van der Waals surface area (Å²) in [5.41, 5.74) is 3.36. The molecule has 0 bridgehead atoms. The lowest BCUT2D eigenvalue weighted by atomic mass is 10.2. The second-order valence-electron chi connectivity index (χ2n) is 5.55. The Bertz CT molecular complexity index is 866. The number of hydrogen-bond donors (Lipinski definition) is 2. The van der Waals surface area contributed by atoms with Gasteiger partial charge in [-0.05, 0) is 30.2 Å². The van der Waals surface area contributed by atoms with Gasteiger partial charge in [0.15, 0.2) is 0 Å². The zero-order valence-corrected chi connectivity index (χ0v) is 15.2. The van der Waals surface area contributed by atoms with Crippen LogP contribution in [0, 0.1) is 6.92 Å². The van der Waals surface area contributed by atoms with Crippen LogP contribution in [0.4, 0.5) is 11.6 Å². The van der Waals surface area contributed by atoms with E-state index in [4.69, 9.17) is 0 Å². The number of aromatic nitrogens is 2. The van der Waals surface area contributed by atoms with E-state index < -0.39 is 0 Å². The molecule has 25 heavy (non-hydrogen) atoms. The Hall–Kier alpha value is -2.73. The summed E-state index contributed by atoms with van der Waals surface area (Å²) in [4.78, 5) is 20.7. The zero-order valence-electron chi connectivity index (χ0n) is 13.7. The van der Waals surface area contributed by atoms with Crippen molar-refractivity contribution in [3.8, 4) is 0 Å². The van der Waals surface area contributed by atoms with Crippen LogP contribution in [0.15, 0.2) is 65.4 Å². The highest BCUT2D eigenvalue weighted by Crippen LogP contribution is 2.21. The molecule has 3 rings (SSSR count). The van der Waals surface area contributed by atoms with E-state index in [2.05, 4.69) is 36.5 Å². The SMILES string of the molecule is Cc1ccc(NC(=O)c2cnc(NCc3ccccc3)nc2)cc1Br. The number of aryl methyl sites for hydroxylation is 1. The molecule has 0 fully saturated rings. The number of hydrogen-bond acceptors (Lipinski definition) is 4. The maximum Gasteiger partial charge on any atom is 0.258 e. The molecular weight excluding hydrogens is 380 g/mol. The summed E-state index contributed by atoms with van der Waals surface area (Å²) in [6.07, 6.45) is 3.03. The number of rotatable bonds is 5. The molecule has 1 heterocycles. The molecule has 0 aliphatic rings. The Morgan fingerprint density at radius 3 is 2.48 bits per heavy atom. The Morgan fingerprint density at radius 1 is 1.08 bits per heavy atom. The number of nitrogens with one attached hydrogen (secondary N) is 2. The molecule has 0 radical (unpaired) electrons. The first-order valence-corrected chi connectivity index (χ1v) is 8.58. The smallest absolute Gasteiger partial charge is 0.258 e. The fraction of sp³-hybridized carbons (Fsp3) is 0.105. The Balaban J connectivity index is 1.61. The second-order valence-corrected chi connectivity index (χ2v) is 6.41. The molecule has 2 aromatic carbocycles. The first kappa shape index (κ1) is 17.1. The van der Waals surface area contributed by atoms with Gasteiger partial charge in [0, 0.05) is 29.1 Å². The van der Waals surface area contributed by atoms with Gasteiger partial charge in [-0.15, -0.1) is 0 Å². The predicted octanol–water partition coefficient (Wildman–Crippen LogP) is 4.41. The van der Waals surface area contributed by atoms with E-state index >= 15 is 0 Å². The van der Waals surface area contributed by atoms with Crippen molar-refractivity contribution in [1.82, 2.24) is 9.97 Å². The summed E-state index contributed by atoms with van der Waals surface area (Å²) >= 11 is 3.45. The summed E-state index contributed by atoms with van der Waals surface area (Å²) in [6.45, 7) is 2.62. The van der Waals surface area contributed by atoms with Crippen LogP contribution in [0.2, 0.25) is 0 Å². The zero-order chi connectivity index (χ0) is 17.6. The van der Waals surface area contributed by atoms with E-state index in [1.165, 1.54) is 12.4 Å². The van der Waals surface area contributed by atoms with Crippen LogP contribution in [-0.2, 0) is 6.54 Å². The largest absolute Gasteiger partial charge is 0.350 e. The monoisotopic (exact) mass is 396 g/mol. The summed E-state index contributed by atoms with van der Waals surface area (Å²) in [6, 6.07) is 15.6. The summed E-state index contributed by atoms with van der Waals surface area (Å²) in [7, 11) is 0. The van der Waals surface area contributed by atoms with Crippen molar-refractivity contribution in [3.63, 3.8) is 0 Å². The average molecular weight is 397 g/mol. The van der Waals surface area contributed by atoms with Crippen molar-refractivity contribution in [2.75, 3.05) is 10.6 Å². The predicted molar refractivity (Wildman–Crippen MR) is 103 cm³/mol. The van der Waals surface area contributed by atoms with Gasteiger partial charge in [0.2, 0.25) is 5.95 Å². The van der Waals surface area contributed by atoms with E-state index in [-0.39, 0.29) is 5.91 Å². The third-order valence-corrected chi connectivity index (χ3v) is 4.49. The maximum absolute atomic E-state index is 12.3. The van der Waals surface area contributed by atoms with Crippen molar-refractivity contribution < 1.29 is 4.79 Å². The average Bonchev–Trinajstić information content (AvgIpc) is 2.64. The van der Waals surface area contributed by atoms with Crippen molar-refractivity contribution in [2.45, 2.75) is 13.5 Å². The molecule has 5 nitrogen and oxygen atoms in total. The third kappa shape index (κ3) is 4.64. The molecule has 6 heteroatoms. The minimum atomic E-state index is -0.245. The van der Waals surface area contributed by atoms with Crippen LogP contribution in [-0.4, -0.2) is 15.9 Å². The van der Waals surface area contributed by atoms with Crippen LogP contribution in [0.25, 0.3) is 0 Å².